The molecule has 2 aliphatic heterocycles. The van der Waals surface area contributed by atoms with Crippen LogP contribution < -0.4 is 16.4 Å². The number of benzene rings is 1. The molecule has 2 aliphatic rings. The minimum Gasteiger partial charge on any atom is -0.401 e. The van der Waals surface area contributed by atoms with Crippen LogP contribution >= 0.6 is 11.6 Å². The highest BCUT2D eigenvalue weighted by Gasteiger charge is 2.41. The Morgan fingerprint density at radius 3 is 2.60 bits per heavy atom. The molecule has 2 saturated heterocycles. The topological polar surface area (TPSA) is 100 Å². The van der Waals surface area contributed by atoms with Gasteiger partial charge in [0.15, 0.2) is 0 Å². The summed E-state index contributed by atoms with van der Waals surface area (Å²) in [6.45, 7) is 4.63. The Kier molecular flexibility index (Phi) is 5.13. The van der Waals surface area contributed by atoms with Crippen molar-refractivity contribution in [3.8, 4) is 0 Å². The molecule has 7 heteroatoms. The van der Waals surface area contributed by atoms with Gasteiger partial charge in [0.05, 0.1) is 17.2 Å². The molecule has 1 amide bonds. The summed E-state index contributed by atoms with van der Waals surface area (Å²) in [4.78, 5) is 12.2. The second-order valence-corrected chi connectivity index (χ2v) is 7.18. The van der Waals surface area contributed by atoms with E-state index in [1.54, 1.807) is 12.1 Å². The molecule has 134 valence electrons. The summed E-state index contributed by atoms with van der Waals surface area (Å²) >= 11 is 6.03. The molecule has 2 bridgehead atoms. The van der Waals surface area contributed by atoms with Crippen LogP contribution in [0.3, 0.4) is 0 Å². The van der Waals surface area contributed by atoms with Crippen molar-refractivity contribution in [1.82, 2.24) is 5.32 Å². The first-order valence-corrected chi connectivity index (χ1v) is 8.78. The number of halogens is 1. The highest BCUT2D eigenvalue weighted by molar-refractivity contribution is 6.60. The quantitative estimate of drug-likeness (QED) is 0.604. The maximum atomic E-state index is 12.2. The van der Waals surface area contributed by atoms with Crippen LogP contribution in [0.15, 0.2) is 35.0 Å². The third-order valence-electron chi connectivity index (χ3n) is 4.65. The molecule has 0 spiro atoms. The zero-order valence-electron chi connectivity index (χ0n) is 14.3. The Morgan fingerprint density at radius 1 is 1.40 bits per heavy atom. The third-order valence-corrected chi connectivity index (χ3v) is 5.06. The summed E-state index contributed by atoms with van der Waals surface area (Å²) in [6, 6.07) is 7.85. The van der Waals surface area contributed by atoms with Gasteiger partial charge >= 0.3 is 0 Å². The SMILES string of the molecule is CC(C)C(N)=C(Cl)C(=N)C(=O)Nc1ccc([C@@H]2O[C@H]3CN[C@@H]2C3)cc1. The van der Waals surface area contributed by atoms with Gasteiger partial charge in [-0.25, -0.2) is 0 Å². The van der Waals surface area contributed by atoms with Crippen molar-refractivity contribution in [2.45, 2.75) is 38.5 Å². The number of rotatable bonds is 5. The number of ether oxygens (including phenoxy) is 1. The maximum absolute atomic E-state index is 12.2. The van der Waals surface area contributed by atoms with Gasteiger partial charge in [-0.05, 0) is 30.0 Å². The molecule has 5 N–H and O–H groups in total. The molecule has 3 rings (SSSR count). The van der Waals surface area contributed by atoms with Crippen molar-refractivity contribution in [2.75, 3.05) is 11.9 Å². The standard InChI is InChI=1S/C18H23ClN4O2/c1-9(2)15(20)14(19)16(21)18(24)23-11-5-3-10(4-6-11)17-13-7-12(25-17)8-22-13/h3-6,9,12-13,17,21-22H,7-8,20H2,1-2H3,(H,23,24)/t12-,13-,17+/m1/s1. The molecule has 0 unspecified atom stereocenters. The van der Waals surface area contributed by atoms with E-state index >= 15 is 0 Å². The average molecular weight is 363 g/mol. The van der Waals surface area contributed by atoms with Crippen LogP contribution in [0.2, 0.25) is 0 Å². The van der Waals surface area contributed by atoms with E-state index in [9.17, 15) is 4.79 Å². The number of carbonyl (C=O) groups excluding carboxylic acids is 1. The molecule has 6 nitrogen and oxygen atoms in total. The van der Waals surface area contributed by atoms with Gasteiger partial charge in [-0.15, -0.1) is 0 Å². The van der Waals surface area contributed by atoms with E-state index in [1.165, 1.54) is 0 Å². The van der Waals surface area contributed by atoms with Crippen LogP contribution in [0.25, 0.3) is 0 Å². The first-order chi connectivity index (χ1) is 11.9. The first-order valence-electron chi connectivity index (χ1n) is 8.41. The summed E-state index contributed by atoms with van der Waals surface area (Å²) in [5.41, 5.74) is 7.49. The number of carbonyl (C=O) groups is 1. The van der Waals surface area contributed by atoms with Crippen LogP contribution in [-0.4, -0.2) is 30.3 Å². The lowest BCUT2D eigenvalue weighted by Gasteiger charge is -2.23. The van der Waals surface area contributed by atoms with E-state index in [1.807, 2.05) is 26.0 Å². The number of anilines is 1. The predicted octanol–water partition coefficient (Wildman–Crippen LogP) is 2.51. The zero-order chi connectivity index (χ0) is 18.1. The second kappa shape index (κ2) is 7.15. The number of amides is 1. The van der Waals surface area contributed by atoms with Crippen LogP contribution in [0, 0.1) is 11.3 Å². The number of fused-ring (bicyclic) bond motifs is 2. The normalized spacial score (nSPS) is 25.8. The van der Waals surface area contributed by atoms with Crippen LogP contribution in [0.1, 0.15) is 31.9 Å². The van der Waals surface area contributed by atoms with Crippen molar-refractivity contribution in [2.24, 2.45) is 11.7 Å². The first kappa shape index (κ1) is 17.9. The fraction of sp³-hybridized carbons (Fsp3) is 0.444. The average Bonchev–Trinajstić information content (AvgIpc) is 3.23. The molecule has 1 aromatic carbocycles. The molecular weight excluding hydrogens is 340 g/mol. The van der Waals surface area contributed by atoms with Gasteiger partial charge in [-0.1, -0.05) is 37.6 Å². The number of nitrogens with two attached hydrogens (primary N) is 1. The molecule has 2 fully saturated rings. The molecule has 25 heavy (non-hydrogen) atoms. The Balaban J connectivity index is 1.64. The van der Waals surface area contributed by atoms with Gasteiger partial charge in [0.1, 0.15) is 5.71 Å². The lowest BCUT2D eigenvalue weighted by Crippen LogP contribution is -2.34. The van der Waals surface area contributed by atoms with Gasteiger partial charge in [-0.3, -0.25) is 10.2 Å². The monoisotopic (exact) mass is 362 g/mol. The summed E-state index contributed by atoms with van der Waals surface area (Å²) < 4.78 is 5.96. The Bertz CT molecular complexity index is 714. The lowest BCUT2D eigenvalue weighted by atomic mass is 10.0. The highest BCUT2D eigenvalue weighted by atomic mass is 35.5. The van der Waals surface area contributed by atoms with Crippen LogP contribution in [0.4, 0.5) is 5.69 Å². The smallest absolute Gasteiger partial charge is 0.275 e. The van der Waals surface area contributed by atoms with Gasteiger partial charge in [0.25, 0.3) is 5.91 Å². The Labute approximate surface area is 152 Å². The molecule has 0 aliphatic carbocycles. The summed E-state index contributed by atoms with van der Waals surface area (Å²) in [6.07, 6.45) is 1.41. The van der Waals surface area contributed by atoms with Crippen molar-refractivity contribution >= 4 is 28.9 Å². The molecule has 1 aromatic rings. The zero-order valence-corrected chi connectivity index (χ0v) is 15.1. The van der Waals surface area contributed by atoms with E-state index in [0.717, 1.165) is 18.5 Å². The molecule has 3 atom stereocenters. The lowest BCUT2D eigenvalue weighted by molar-refractivity contribution is -0.110. The summed E-state index contributed by atoms with van der Waals surface area (Å²) in [7, 11) is 0. The van der Waals surface area contributed by atoms with E-state index in [0.29, 0.717) is 23.5 Å². The van der Waals surface area contributed by atoms with Crippen molar-refractivity contribution in [1.29, 1.82) is 5.41 Å². The van der Waals surface area contributed by atoms with Gasteiger partial charge in [0.2, 0.25) is 0 Å². The van der Waals surface area contributed by atoms with E-state index in [2.05, 4.69) is 10.6 Å². The number of nitrogens with one attached hydrogen (secondary N) is 3. The minimum atomic E-state index is -0.584. The Morgan fingerprint density at radius 2 is 2.08 bits per heavy atom. The van der Waals surface area contributed by atoms with Gasteiger partial charge in [-0.2, -0.15) is 0 Å². The van der Waals surface area contributed by atoms with E-state index < -0.39 is 5.91 Å². The fourth-order valence-electron chi connectivity index (χ4n) is 3.13. The molecule has 0 aromatic heterocycles. The maximum Gasteiger partial charge on any atom is 0.275 e. The summed E-state index contributed by atoms with van der Waals surface area (Å²) in [5, 5.41) is 14.0. The minimum absolute atomic E-state index is 0.00873. The highest BCUT2D eigenvalue weighted by Crippen LogP contribution is 2.37. The summed E-state index contributed by atoms with van der Waals surface area (Å²) in [5.74, 6) is -0.616. The molecular formula is C18H23ClN4O2. The van der Waals surface area contributed by atoms with E-state index in [-0.39, 0.29) is 22.8 Å². The van der Waals surface area contributed by atoms with Gasteiger partial charge < -0.3 is 21.1 Å². The number of hydrogen-bond donors (Lipinski definition) is 4. The van der Waals surface area contributed by atoms with Crippen LogP contribution in [-0.2, 0) is 9.53 Å². The second-order valence-electron chi connectivity index (χ2n) is 6.80. The Hall–Kier alpha value is -1.89. The number of hydrogen-bond acceptors (Lipinski definition) is 5. The van der Waals surface area contributed by atoms with Gasteiger partial charge in [0, 0.05) is 24.0 Å². The number of morpholine rings is 1. The largest absolute Gasteiger partial charge is 0.401 e. The molecule has 2 heterocycles. The van der Waals surface area contributed by atoms with Crippen molar-refractivity contribution < 1.29 is 9.53 Å². The predicted molar refractivity (Wildman–Crippen MR) is 98.7 cm³/mol. The van der Waals surface area contributed by atoms with E-state index in [4.69, 9.17) is 27.5 Å². The number of allylic oxidation sites excluding steroid dienone is 1. The van der Waals surface area contributed by atoms with Crippen LogP contribution in [0.5, 0.6) is 0 Å². The fourth-order valence-corrected chi connectivity index (χ4v) is 3.43. The molecule has 0 radical (unpaired) electrons. The third kappa shape index (κ3) is 3.71. The van der Waals surface area contributed by atoms with Crippen molar-refractivity contribution in [3.05, 3.63) is 40.6 Å². The van der Waals surface area contributed by atoms with Crippen molar-refractivity contribution in [3.63, 3.8) is 0 Å². The molecule has 0 saturated carbocycles.